The summed E-state index contributed by atoms with van der Waals surface area (Å²) in [5.41, 5.74) is 2.33. The highest BCUT2D eigenvalue weighted by Crippen LogP contribution is 2.40. The third-order valence-corrected chi connectivity index (χ3v) is 6.12. The Morgan fingerprint density at radius 3 is 2.40 bits per heavy atom. The molecule has 1 saturated carbocycles. The van der Waals surface area contributed by atoms with Crippen molar-refractivity contribution in [3.05, 3.63) is 35.4 Å². The number of benzene rings is 1. The van der Waals surface area contributed by atoms with Crippen LogP contribution in [0.25, 0.3) is 0 Å². The quantitative estimate of drug-likeness (QED) is 0.733. The van der Waals surface area contributed by atoms with Crippen LogP contribution in [-0.4, -0.2) is 52.8 Å². The van der Waals surface area contributed by atoms with Gasteiger partial charge in [0.1, 0.15) is 6.04 Å². The predicted molar refractivity (Wildman–Crippen MR) is 88.6 cm³/mol. The molecule has 1 atom stereocenters. The lowest BCUT2D eigenvalue weighted by molar-refractivity contribution is -0.183. The summed E-state index contributed by atoms with van der Waals surface area (Å²) in [5, 5.41) is 0. The fourth-order valence-electron chi connectivity index (χ4n) is 4.76. The monoisotopic (exact) mass is 342 g/mol. The van der Waals surface area contributed by atoms with E-state index in [-0.39, 0.29) is 24.0 Å². The summed E-state index contributed by atoms with van der Waals surface area (Å²) in [6, 6.07) is 7.59. The van der Waals surface area contributed by atoms with E-state index in [4.69, 9.17) is 9.47 Å². The van der Waals surface area contributed by atoms with Crippen molar-refractivity contribution in [2.24, 2.45) is 0 Å². The van der Waals surface area contributed by atoms with Crippen molar-refractivity contribution in [2.45, 2.75) is 56.5 Å². The first kappa shape index (κ1) is 15.3. The Bertz CT molecular complexity index is 675. The second kappa shape index (κ2) is 5.54. The van der Waals surface area contributed by atoms with Gasteiger partial charge >= 0.3 is 6.03 Å². The van der Waals surface area contributed by atoms with Gasteiger partial charge < -0.3 is 14.4 Å². The molecule has 2 saturated heterocycles. The minimum absolute atomic E-state index is 0.0336. The van der Waals surface area contributed by atoms with Gasteiger partial charge in [-0.1, -0.05) is 24.3 Å². The van der Waals surface area contributed by atoms with Crippen molar-refractivity contribution in [3.8, 4) is 0 Å². The van der Waals surface area contributed by atoms with Crippen molar-refractivity contribution in [1.82, 2.24) is 9.80 Å². The fourth-order valence-corrected chi connectivity index (χ4v) is 4.76. The zero-order valence-corrected chi connectivity index (χ0v) is 14.1. The van der Waals surface area contributed by atoms with E-state index < -0.39 is 5.79 Å². The molecule has 0 aromatic heterocycles. The van der Waals surface area contributed by atoms with Gasteiger partial charge in [0.2, 0.25) is 0 Å². The van der Waals surface area contributed by atoms with Crippen LogP contribution in [0.4, 0.5) is 4.79 Å². The lowest BCUT2D eigenvalue weighted by Gasteiger charge is -2.38. The molecule has 3 amide bonds. The van der Waals surface area contributed by atoms with Crippen molar-refractivity contribution in [1.29, 1.82) is 0 Å². The normalized spacial score (nSPS) is 28.6. The zero-order valence-electron chi connectivity index (χ0n) is 14.1. The lowest BCUT2D eigenvalue weighted by Crippen LogP contribution is -2.47. The molecule has 3 fully saturated rings. The molecule has 1 aliphatic carbocycles. The number of hydrogen-bond acceptors (Lipinski definition) is 4. The molecule has 1 aromatic rings. The van der Waals surface area contributed by atoms with Gasteiger partial charge in [0, 0.05) is 31.8 Å². The van der Waals surface area contributed by atoms with Crippen LogP contribution in [0.15, 0.2) is 24.3 Å². The topological polar surface area (TPSA) is 59.1 Å². The van der Waals surface area contributed by atoms with Gasteiger partial charge in [-0.25, -0.2) is 4.79 Å². The Morgan fingerprint density at radius 1 is 1.00 bits per heavy atom. The smallest absolute Gasteiger partial charge is 0.328 e. The van der Waals surface area contributed by atoms with Crippen LogP contribution >= 0.6 is 0 Å². The summed E-state index contributed by atoms with van der Waals surface area (Å²) in [7, 11) is 0. The first-order chi connectivity index (χ1) is 12.2. The van der Waals surface area contributed by atoms with Gasteiger partial charge in [0.05, 0.1) is 13.2 Å². The number of ether oxygens (including phenoxy) is 2. The van der Waals surface area contributed by atoms with Crippen molar-refractivity contribution in [2.75, 3.05) is 13.2 Å². The van der Waals surface area contributed by atoms with E-state index in [1.54, 1.807) is 4.90 Å². The number of hydrogen-bond donors (Lipinski definition) is 0. The first-order valence-corrected chi connectivity index (χ1v) is 9.15. The van der Waals surface area contributed by atoms with Crippen LogP contribution in [0.5, 0.6) is 0 Å². The molecular weight excluding hydrogens is 320 g/mol. The highest BCUT2D eigenvalue weighted by atomic mass is 16.7. The molecule has 6 nitrogen and oxygen atoms in total. The van der Waals surface area contributed by atoms with Gasteiger partial charge in [-0.15, -0.1) is 0 Å². The summed E-state index contributed by atoms with van der Waals surface area (Å²) in [6.07, 6.45) is 3.63. The van der Waals surface area contributed by atoms with Crippen molar-refractivity contribution < 1.29 is 19.1 Å². The number of urea groups is 1. The summed E-state index contributed by atoms with van der Waals surface area (Å²) in [4.78, 5) is 29.2. The molecule has 0 unspecified atom stereocenters. The minimum Gasteiger partial charge on any atom is -0.348 e. The fraction of sp³-hybridized carbons (Fsp3) is 0.579. The highest BCUT2D eigenvalue weighted by Gasteiger charge is 2.51. The Hall–Kier alpha value is -1.92. The molecule has 3 heterocycles. The van der Waals surface area contributed by atoms with Gasteiger partial charge in [-0.3, -0.25) is 9.69 Å². The van der Waals surface area contributed by atoms with E-state index in [0.717, 1.165) is 31.2 Å². The number of fused-ring (bicyclic) bond motifs is 2. The summed E-state index contributed by atoms with van der Waals surface area (Å²) >= 11 is 0. The number of rotatable bonds is 1. The van der Waals surface area contributed by atoms with Crippen LogP contribution in [-0.2, 0) is 27.2 Å². The molecule has 1 spiro atoms. The van der Waals surface area contributed by atoms with Gasteiger partial charge in [0.15, 0.2) is 5.79 Å². The molecule has 0 radical (unpaired) electrons. The Kier molecular flexibility index (Phi) is 3.40. The average molecular weight is 342 g/mol. The molecule has 4 aliphatic rings. The number of carbonyl (C=O) groups is 2. The zero-order chi connectivity index (χ0) is 17.0. The van der Waals surface area contributed by atoms with Crippen molar-refractivity contribution >= 4 is 11.9 Å². The van der Waals surface area contributed by atoms with Gasteiger partial charge in [-0.05, 0) is 24.0 Å². The van der Waals surface area contributed by atoms with Crippen LogP contribution in [0.3, 0.4) is 0 Å². The Morgan fingerprint density at radius 2 is 1.68 bits per heavy atom. The Labute approximate surface area is 146 Å². The molecule has 0 N–H and O–H groups in total. The SMILES string of the molecule is O=C1[C@@H]2Cc3ccccc3CN2C(=O)N1C1CCC2(CC1)OCCO2. The maximum Gasteiger partial charge on any atom is 0.328 e. The molecule has 132 valence electrons. The second-order valence-corrected chi connectivity index (χ2v) is 7.45. The number of imide groups is 1. The largest absolute Gasteiger partial charge is 0.348 e. The van der Waals surface area contributed by atoms with Crippen LogP contribution in [0.1, 0.15) is 36.8 Å². The molecule has 0 bridgehead atoms. The van der Waals surface area contributed by atoms with Crippen LogP contribution < -0.4 is 0 Å². The van der Waals surface area contributed by atoms with Crippen LogP contribution in [0, 0.1) is 0 Å². The van der Waals surface area contributed by atoms with Gasteiger partial charge in [0.25, 0.3) is 5.91 Å². The van der Waals surface area contributed by atoms with E-state index in [9.17, 15) is 9.59 Å². The van der Waals surface area contributed by atoms with Gasteiger partial charge in [-0.2, -0.15) is 0 Å². The standard InChI is InChI=1S/C19H22N2O4/c22-17-16-11-13-3-1-2-4-14(13)12-20(16)18(23)21(17)15-5-7-19(8-6-15)24-9-10-25-19/h1-4,15-16H,5-12H2/t16-/m0/s1. The molecule has 1 aromatic carbocycles. The van der Waals surface area contributed by atoms with Crippen LogP contribution in [0.2, 0.25) is 0 Å². The van der Waals surface area contributed by atoms with E-state index in [1.807, 2.05) is 18.2 Å². The Balaban J connectivity index is 1.35. The average Bonchev–Trinajstić information content (AvgIpc) is 3.19. The summed E-state index contributed by atoms with van der Waals surface area (Å²) < 4.78 is 11.5. The maximum atomic E-state index is 13.0. The maximum absolute atomic E-state index is 13.0. The molecule has 5 rings (SSSR count). The third kappa shape index (κ3) is 2.31. The van der Waals surface area contributed by atoms with E-state index in [2.05, 4.69) is 6.07 Å². The van der Waals surface area contributed by atoms with E-state index in [1.165, 1.54) is 10.5 Å². The second-order valence-electron chi connectivity index (χ2n) is 7.45. The highest BCUT2D eigenvalue weighted by molar-refractivity contribution is 6.05. The van der Waals surface area contributed by atoms with E-state index >= 15 is 0 Å². The predicted octanol–water partition coefficient (Wildman–Crippen LogP) is 2.06. The first-order valence-electron chi connectivity index (χ1n) is 9.15. The minimum atomic E-state index is -0.467. The number of amides is 3. The van der Waals surface area contributed by atoms with E-state index in [0.29, 0.717) is 26.2 Å². The molecule has 3 aliphatic heterocycles. The summed E-state index contributed by atoms with van der Waals surface area (Å²) in [6.45, 7) is 1.81. The van der Waals surface area contributed by atoms with Crippen molar-refractivity contribution in [3.63, 3.8) is 0 Å². The lowest BCUT2D eigenvalue weighted by atomic mass is 9.89. The third-order valence-electron chi connectivity index (χ3n) is 6.12. The molecule has 25 heavy (non-hydrogen) atoms. The molecular formula is C19H22N2O4. The summed E-state index contributed by atoms with van der Waals surface area (Å²) in [5.74, 6) is -0.500. The number of carbonyl (C=O) groups excluding carboxylic acids is 2. The number of nitrogens with zero attached hydrogens (tertiary/aromatic N) is 2. The molecule has 6 heteroatoms.